The van der Waals surface area contributed by atoms with Gasteiger partial charge in [0, 0.05) is 5.56 Å². The molecule has 0 radical (unpaired) electrons. The molecule has 0 spiro atoms. The number of benzene rings is 1. The molecule has 0 aromatic heterocycles. The van der Waals surface area contributed by atoms with Crippen molar-refractivity contribution in [3.05, 3.63) is 53.3 Å². The summed E-state index contributed by atoms with van der Waals surface area (Å²) in [6.45, 7) is 4.05. The lowest BCUT2D eigenvalue weighted by atomic mass is 9.68. The molecule has 1 aromatic rings. The van der Waals surface area contributed by atoms with E-state index in [1.165, 1.54) is 7.11 Å². The summed E-state index contributed by atoms with van der Waals surface area (Å²) in [4.78, 5) is 12.1. The molecule has 3 heteroatoms. The molecule has 0 amide bonds. The van der Waals surface area contributed by atoms with E-state index in [1.807, 2.05) is 50.3 Å². The van der Waals surface area contributed by atoms with Gasteiger partial charge in [-0.15, -0.1) is 0 Å². The molecule has 0 fully saturated rings. The Hall–Kier alpha value is -2.03. The normalized spacial score (nSPS) is 27.6. The second-order valence-electron chi connectivity index (χ2n) is 5.17. The maximum absolute atomic E-state index is 12.1. The van der Waals surface area contributed by atoms with Gasteiger partial charge in [0.1, 0.15) is 11.5 Å². The molecule has 1 heterocycles. The fraction of sp³-hybridized carbons (Fsp3) is 0.312. The predicted octanol–water partition coefficient (Wildman–Crippen LogP) is 2.97. The molecule has 0 saturated carbocycles. The van der Waals surface area contributed by atoms with E-state index in [1.54, 1.807) is 0 Å². The first-order valence-corrected chi connectivity index (χ1v) is 6.33. The third kappa shape index (κ3) is 1.47. The van der Waals surface area contributed by atoms with Crippen molar-refractivity contribution in [1.29, 1.82) is 0 Å². The number of para-hydroxylation sites is 1. The Morgan fingerprint density at radius 2 is 2.11 bits per heavy atom. The summed E-state index contributed by atoms with van der Waals surface area (Å²) in [7, 11) is 1.42. The van der Waals surface area contributed by atoms with Gasteiger partial charge in [-0.2, -0.15) is 0 Å². The Kier molecular flexibility index (Phi) is 2.52. The maximum atomic E-state index is 12.1. The Morgan fingerprint density at radius 3 is 2.84 bits per heavy atom. The van der Waals surface area contributed by atoms with Crippen LogP contribution in [0.5, 0.6) is 5.75 Å². The smallest absolute Gasteiger partial charge is 0.313 e. The van der Waals surface area contributed by atoms with E-state index in [9.17, 15) is 4.79 Å². The monoisotopic (exact) mass is 256 g/mol. The van der Waals surface area contributed by atoms with Crippen molar-refractivity contribution in [1.82, 2.24) is 0 Å². The second kappa shape index (κ2) is 3.98. The number of carbonyl (C=O) groups is 1. The zero-order valence-corrected chi connectivity index (χ0v) is 11.3. The Balaban J connectivity index is 2.22. The summed E-state index contributed by atoms with van der Waals surface area (Å²) >= 11 is 0. The highest BCUT2D eigenvalue weighted by Crippen LogP contribution is 2.53. The molecule has 2 aliphatic rings. The number of fused-ring (bicyclic) bond motifs is 3. The molecule has 1 aliphatic carbocycles. The van der Waals surface area contributed by atoms with Gasteiger partial charge >= 0.3 is 5.97 Å². The molecule has 0 saturated heterocycles. The van der Waals surface area contributed by atoms with Gasteiger partial charge in [-0.25, -0.2) is 0 Å². The third-order valence-corrected chi connectivity index (χ3v) is 4.10. The highest BCUT2D eigenvalue weighted by Gasteiger charge is 2.51. The zero-order chi connectivity index (χ0) is 13.6. The van der Waals surface area contributed by atoms with Crippen LogP contribution in [0.1, 0.15) is 19.4 Å². The van der Waals surface area contributed by atoms with Gasteiger partial charge in [0.15, 0.2) is 0 Å². The average molecular weight is 256 g/mol. The largest absolute Gasteiger partial charge is 0.469 e. The number of methoxy groups -OCH3 is 1. The van der Waals surface area contributed by atoms with Crippen LogP contribution in [0.15, 0.2) is 47.7 Å². The first kappa shape index (κ1) is 12.0. The van der Waals surface area contributed by atoms with Crippen molar-refractivity contribution < 1.29 is 14.3 Å². The third-order valence-electron chi connectivity index (χ3n) is 4.10. The van der Waals surface area contributed by atoms with Gasteiger partial charge in [0.25, 0.3) is 0 Å². The summed E-state index contributed by atoms with van der Waals surface area (Å²) in [5.74, 6) is 1.10. The zero-order valence-electron chi connectivity index (χ0n) is 11.3. The van der Waals surface area contributed by atoms with E-state index in [2.05, 4.69) is 0 Å². The van der Waals surface area contributed by atoms with Crippen LogP contribution in [0, 0.1) is 5.92 Å². The van der Waals surface area contributed by atoms with Crippen LogP contribution in [-0.4, -0.2) is 13.1 Å². The minimum absolute atomic E-state index is 0.232. The Morgan fingerprint density at radius 1 is 1.37 bits per heavy atom. The van der Waals surface area contributed by atoms with E-state index in [4.69, 9.17) is 9.47 Å². The number of allylic oxidation sites excluding steroid dienone is 3. The van der Waals surface area contributed by atoms with Crippen LogP contribution in [0.4, 0.5) is 0 Å². The number of rotatable bonds is 1. The van der Waals surface area contributed by atoms with Gasteiger partial charge < -0.3 is 9.47 Å². The molecule has 2 atom stereocenters. The van der Waals surface area contributed by atoms with Gasteiger partial charge in [0.05, 0.1) is 18.4 Å². The van der Waals surface area contributed by atoms with Crippen molar-refractivity contribution in [3.63, 3.8) is 0 Å². The number of carbonyl (C=O) groups excluding carboxylic acids is 1. The molecule has 1 aliphatic heterocycles. The SMILES string of the molecule is COC(=O)[C@@H]1C=CC(C)=C2Oc3ccccc3[C@]21C. The quantitative estimate of drug-likeness (QED) is 0.725. The van der Waals surface area contributed by atoms with Gasteiger partial charge in [-0.05, 0) is 25.5 Å². The molecule has 3 rings (SSSR count). The molecular weight excluding hydrogens is 240 g/mol. The van der Waals surface area contributed by atoms with Gasteiger partial charge in [-0.3, -0.25) is 4.79 Å². The van der Waals surface area contributed by atoms with Gasteiger partial charge in [0.2, 0.25) is 0 Å². The lowest BCUT2D eigenvalue weighted by Gasteiger charge is -2.33. The molecule has 98 valence electrons. The number of ether oxygens (including phenoxy) is 2. The molecule has 0 N–H and O–H groups in total. The van der Waals surface area contributed by atoms with Crippen LogP contribution in [0.3, 0.4) is 0 Å². The van der Waals surface area contributed by atoms with Crippen LogP contribution in [0.2, 0.25) is 0 Å². The van der Waals surface area contributed by atoms with E-state index < -0.39 is 5.41 Å². The topological polar surface area (TPSA) is 35.5 Å². The van der Waals surface area contributed by atoms with E-state index >= 15 is 0 Å². The minimum atomic E-state index is -0.470. The lowest BCUT2D eigenvalue weighted by Crippen LogP contribution is -2.39. The van der Waals surface area contributed by atoms with Crippen molar-refractivity contribution in [2.75, 3.05) is 7.11 Å². The van der Waals surface area contributed by atoms with Crippen molar-refractivity contribution >= 4 is 5.97 Å². The fourth-order valence-electron chi connectivity index (χ4n) is 3.07. The Labute approximate surface area is 112 Å². The molecule has 0 unspecified atom stereocenters. The van der Waals surface area contributed by atoms with Gasteiger partial charge in [-0.1, -0.05) is 30.4 Å². The number of hydrogen-bond acceptors (Lipinski definition) is 3. The molecule has 19 heavy (non-hydrogen) atoms. The predicted molar refractivity (Wildman–Crippen MR) is 71.8 cm³/mol. The molecule has 3 nitrogen and oxygen atoms in total. The fourth-order valence-corrected chi connectivity index (χ4v) is 3.07. The highest BCUT2D eigenvalue weighted by atomic mass is 16.5. The number of esters is 1. The Bertz CT molecular complexity index is 612. The van der Waals surface area contributed by atoms with Crippen molar-refractivity contribution in [2.24, 2.45) is 5.92 Å². The molecule has 0 bridgehead atoms. The lowest BCUT2D eigenvalue weighted by molar-refractivity contribution is -0.145. The van der Waals surface area contributed by atoms with E-state index in [0.29, 0.717) is 0 Å². The first-order chi connectivity index (χ1) is 9.09. The van der Waals surface area contributed by atoms with E-state index in [-0.39, 0.29) is 11.9 Å². The number of hydrogen-bond donors (Lipinski definition) is 0. The van der Waals surface area contributed by atoms with E-state index in [0.717, 1.165) is 22.6 Å². The summed E-state index contributed by atoms with van der Waals surface area (Å²) in [6, 6.07) is 7.87. The molecule has 1 aromatic carbocycles. The highest BCUT2D eigenvalue weighted by molar-refractivity contribution is 5.80. The molecular formula is C16H16O3. The van der Waals surface area contributed by atoms with Crippen LogP contribution in [0.25, 0.3) is 0 Å². The van der Waals surface area contributed by atoms with Crippen LogP contribution < -0.4 is 4.74 Å². The first-order valence-electron chi connectivity index (χ1n) is 6.33. The summed E-state index contributed by atoms with van der Waals surface area (Å²) in [5.41, 5.74) is 1.63. The van der Waals surface area contributed by atoms with Crippen molar-refractivity contribution in [2.45, 2.75) is 19.3 Å². The van der Waals surface area contributed by atoms with Crippen LogP contribution >= 0.6 is 0 Å². The summed E-state index contributed by atoms with van der Waals surface area (Å²) in [5, 5.41) is 0. The average Bonchev–Trinajstić information content (AvgIpc) is 2.74. The second-order valence-corrected chi connectivity index (χ2v) is 5.17. The standard InChI is InChI=1S/C16H16O3/c1-10-8-9-12(15(17)18-3)16(2)11-6-4-5-7-13(11)19-14(10)16/h4-9,12H,1-3H3/t12-,16-/m0/s1. The minimum Gasteiger partial charge on any atom is -0.469 e. The maximum Gasteiger partial charge on any atom is 0.313 e. The summed E-state index contributed by atoms with van der Waals surface area (Å²) in [6.07, 6.45) is 3.85. The van der Waals surface area contributed by atoms with Crippen LogP contribution in [-0.2, 0) is 14.9 Å². The summed E-state index contributed by atoms with van der Waals surface area (Å²) < 4.78 is 10.9. The van der Waals surface area contributed by atoms with Crippen molar-refractivity contribution in [3.8, 4) is 5.75 Å².